The molecule has 1 aliphatic heterocycles. The van der Waals surface area contributed by atoms with Crippen molar-refractivity contribution in [3.8, 4) is 0 Å². The van der Waals surface area contributed by atoms with Gasteiger partial charge in [-0.1, -0.05) is 6.07 Å². The molecule has 2 fully saturated rings. The molecule has 16 heavy (non-hydrogen) atoms. The van der Waals surface area contributed by atoms with E-state index >= 15 is 0 Å². The van der Waals surface area contributed by atoms with E-state index in [0.717, 1.165) is 18.4 Å². The fourth-order valence-corrected chi connectivity index (χ4v) is 2.52. The smallest absolute Gasteiger partial charge is 0.225 e. The van der Waals surface area contributed by atoms with E-state index in [-0.39, 0.29) is 18.0 Å². The number of likely N-dealkylation sites (tertiary alicyclic amines) is 1. The maximum absolute atomic E-state index is 11.9. The standard InChI is InChI=1S/C12H15N3O/c13-10-6-11(16)15(9-3-4-9)12(10)8-2-1-5-14-7-8/h1-2,5,7,9-10,12H,3-4,6,13H2/t10-,12+/m0/s1. The molecule has 1 saturated heterocycles. The van der Waals surface area contributed by atoms with Crippen molar-refractivity contribution in [2.24, 2.45) is 5.73 Å². The predicted octanol–water partition coefficient (Wildman–Crippen LogP) is 0.845. The zero-order valence-electron chi connectivity index (χ0n) is 9.04. The summed E-state index contributed by atoms with van der Waals surface area (Å²) in [5, 5.41) is 0. The van der Waals surface area contributed by atoms with Crippen LogP contribution in [-0.4, -0.2) is 27.9 Å². The summed E-state index contributed by atoms with van der Waals surface area (Å²) in [6.07, 6.45) is 6.27. The zero-order valence-corrected chi connectivity index (χ0v) is 9.04. The fraction of sp³-hybridized carbons (Fsp3) is 0.500. The van der Waals surface area contributed by atoms with Gasteiger partial charge in [0.05, 0.1) is 6.04 Å². The van der Waals surface area contributed by atoms with E-state index < -0.39 is 0 Å². The van der Waals surface area contributed by atoms with Crippen LogP contribution in [0.2, 0.25) is 0 Å². The number of nitrogens with zero attached hydrogens (tertiary/aromatic N) is 2. The van der Waals surface area contributed by atoms with E-state index in [0.29, 0.717) is 12.5 Å². The Labute approximate surface area is 94.5 Å². The Kier molecular flexibility index (Phi) is 2.17. The van der Waals surface area contributed by atoms with Crippen LogP contribution in [-0.2, 0) is 4.79 Å². The largest absolute Gasteiger partial charge is 0.331 e. The number of amides is 1. The highest BCUT2D eigenvalue weighted by molar-refractivity contribution is 5.81. The molecule has 1 aromatic heterocycles. The summed E-state index contributed by atoms with van der Waals surface area (Å²) in [5.74, 6) is 0.198. The second-order valence-corrected chi connectivity index (χ2v) is 4.63. The molecule has 0 bridgehead atoms. The number of hydrogen-bond acceptors (Lipinski definition) is 3. The Balaban J connectivity index is 1.94. The van der Waals surface area contributed by atoms with Gasteiger partial charge in [0.1, 0.15) is 0 Å². The molecular formula is C12H15N3O. The van der Waals surface area contributed by atoms with Crippen molar-refractivity contribution >= 4 is 5.91 Å². The molecule has 0 aromatic carbocycles. The first-order chi connectivity index (χ1) is 7.77. The Morgan fingerprint density at radius 2 is 2.25 bits per heavy atom. The van der Waals surface area contributed by atoms with E-state index in [9.17, 15) is 4.79 Å². The topological polar surface area (TPSA) is 59.2 Å². The normalized spacial score (nSPS) is 29.8. The average Bonchev–Trinajstić information content (AvgIpc) is 3.06. The number of carbonyl (C=O) groups excluding carboxylic acids is 1. The third kappa shape index (κ3) is 1.50. The van der Waals surface area contributed by atoms with Crippen LogP contribution >= 0.6 is 0 Å². The van der Waals surface area contributed by atoms with Crippen LogP contribution in [0.4, 0.5) is 0 Å². The Hall–Kier alpha value is -1.42. The summed E-state index contributed by atoms with van der Waals surface area (Å²) in [4.78, 5) is 18.0. The molecule has 3 rings (SSSR count). The highest BCUT2D eigenvalue weighted by Crippen LogP contribution is 2.40. The van der Waals surface area contributed by atoms with Crippen LogP contribution in [0.15, 0.2) is 24.5 Å². The minimum Gasteiger partial charge on any atom is -0.331 e. The van der Waals surface area contributed by atoms with Crippen molar-refractivity contribution in [1.29, 1.82) is 0 Å². The van der Waals surface area contributed by atoms with Crippen molar-refractivity contribution in [3.63, 3.8) is 0 Å². The van der Waals surface area contributed by atoms with E-state index in [4.69, 9.17) is 5.73 Å². The molecule has 2 aliphatic rings. The van der Waals surface area contributed by atoms with E-state index in [1.807, 2.05) is 23.2 Å². The van der Waals surface area contributed by atoms with Crippen LogP contribution < -0.4 is 5.73 Å². The van der Waals surface area contributed by atoms with Crippen molar-refractivity contribution < 1.29 is 4.79 Å². The summed E-state index contributed by atoms with van der Waals surface area (Å²) in [7, 11) is 0. The minimum atomic E-state index is -0.0858. The molecule has 0 unspecified atom stereocenters. The van der Waals surface area contributed by atoms with Gasteiger partial charge < -0.3 is 10.6 Å². The Morgan fingerprint density at radius 1 is 1.44 bits per heavy atom. The molecule has 2 N–H and O–H groups in total. The molecule has 0 radical (unpaired) electrons. The molecule has 2 heterocycles. The first kappa shape index (κ1) is 9.78. The van der Waals surface area contributed by atoms with Gasteiger partial charge in [-0.2, -0.15) is 0 Å². The maximum Gasteiger partial charge on any atom is 0.225 e. The van der Waals surface area contributed by atoms with Crippen LogP contribution in [0.5, 0.6) is 0 Å². The van der Waals surface area contributed by atoms with Gasteiger partial charge in [-0.05, 0) is 24.5 Å². The summed E-state index contributed by atoms with van der Waals surface area (Å²) in [6, 6.07) is 4.28. The van der Waals surface area contributed by atoms with Gasteiger partial charge >= 0.3 is 0 Å². The average molecular weight is 217 g/mol. The van der Waals surface area contributed by atoms with Crippen LogP contribution in [0.25, 0.3) is 0 Å². The van der Waals surface area contributed by atoms with E-state index in [1.165, 1.54) is 0 Å². The quantitative estimate of drug-likeness (QED) is 0.798. The monoisotopic (exact) mass is 217 g/mol. The number of carbonyl (C=O) groups is 1. The van der Waals surface area contributed by atoms with Gasteiger partial charge in [-0.3, -0.25) is 9.78 Å². The highest BCUT2D eigenvalue weighted by Gasteiger charge is 2.45. The number of rotatable bonds is 2. The highest BCUT2D eigenvalue weighted by atomic mass is 16.2. The Morgan fingerprint density at radius 3 is 2.88 bits per heavy atom. The van der Waals surface area contributed by atoms with Crippen molar-refractivity contribution in [1.82, 2.24) is 9.88 Å². The van der Waals surface area contributed by atoms with Gasteiger partial charge in [-0.15, -0.1) is 0 Å². The van der Waals surface area contributed by atoms with Gasteiger partial charge in [-0.25, -0.2) is 0 Å². The van der Waals surface area contributed by atoms with E-state index in [1.54, 1.807) is 6.20 Å². The molecule has 1 amide bonds. The van der Waals surface area contributed by atoms with Gasteiger partial charge in [0, 0.05) is 30.9 Å². The third-order valence-electron chi connectivity index (χ3n) is 3.37. The summed E-state index contributed by atoms with van der Waals surface area (Å²) < 4.78 is 0. The molecule has 4 nitrogen and oxygen atoms in total. The second kappa shape index (κ2) is 3.56. The first-order valence-corrected chi connectivity index (χ1v) is 5.74. The van der Waals surface area contributed by atoms with Crippen molar-refractivity contribution in [2.45, 2.75) is 37.4 Å². The molecule has 1 saturated carbocycles. The summed E-state index contributed by atoms with van der Waals surface area (Å²) in [6.45, 7) is 0. The van der Waals surface area contributed by atoms with Crippen LogP contribution in [0, 0.1) is 0 Å². The maximum atomic E-state index is 11.9. The third-order valence-corrected chi connectivity index (χ3v) is 3.37. The number of nitrogens with two attached hydrogens (primary N) is 1. The van der Waals surface area contributed by atoms with Gasteiger partial charge in [0.15, 0.2) is 0 Å². The molecule has 2 atom stereocenters. The van der Waals surface area contributed by atoms with Gasteiger partial charge in [0.2, 0.25) is 5.91 Å². The lowest BCUT2D eigenvalue weighted by atomic mass is 10.0. The SMILES string of the molecule is N[C@H]1CC(=O)N(C2CC2)[C@@H]1c1cccnc1. The van der Waals surface area contributed by atoms with Crippen LogP contribution in [0.3, 0.4) is 0 Å². The lowest BCUT2D eigenvalue weighted by Crippen LogP contribution is -2.34. The van der Waals surface area contributed by atoms with Crippen LogP contribution in [0.1, 0.15) is 30.9 Å². The van der Waals surface area contributed by atoms with E-state index in [2.05, 4.69) is 4.98 Å². The predicted molar refractivity (Wildman–Crippen MR) is 59.4 cm³/mol. The Bertz CT molecular complexity index is 402. The first-order valence-electron chi connectivity index (χ1n) is 5.74. The summed E-state index contributed by atoms with van der Waals surface area (Å²) in [5.41, 5.74) is 7.13. The lowest BCUT2D eigenvalue weighted by Gasteiger charge is -2.26. The fourth-order valence-electron chi connectivity index (χ4n) is 2.52. The van der Waals surface area contributed by atoms with Gasteiger partial charge in [0.25, 0.3) is 0 Å². The number of pyridine rings is 1. The lowest BCUT2D eigenvalue weighted by molar-refractivity contribution is -0.129. The molecular weight excluding hydrogens is 202 g/mol. The summed E-state index contributed by atoms with van der Waals surface area (Å²) >= 11 is 0. The molecule has 84 valence electrons. The van der Waals surface area contributed by atoms with Crippen molar-refractivity contribution in [3.05, 3.63) is 30.1 Å². The molecule has 4 heteroatoms. The molecule has 0 spiro atoms. The second-order valence-electron chi connectivity index (χ2n) is 4.63. The van der Waals surface area contributed by atoms with Crippen molar-refractivity contribution in [2.75, 3.05) is 0 Å². The zero-order chi connectivity index (χ0) is 11.1. The minimum absolute atomic E-state index is 0.0358. The molecule has 1 aromatic rings. The number of aromatic nitrogens is 1. The number of hydrogen-bond donors (Lipinski definition) is 1. The molecule has 1 aliphatic carbocycles.